The van der Waals surface area contributed by atoms with Crippen molar-refractivity contribution in [2.45, 2.75) is 31.8 Å². The van der Waals surface area contributed by atoms with Gasteiger partial charge in [-0.15, -0.1) is 9.05 Å². The van der Waals surface area contributed by atoms with Gasteiger partial charge in [-0.25, -0.2) is 0 Å². The Morgan fingerprint density at radius 2 is 2.09 bits per heavy atom. The van der Waals surface area contributed by atoms with Crippen LogP contribution >= 0.6 is 8.25 Å². The fourth-order valence-corrected chi connectivity index (χ4v) is 1.84. The van der Waals surface area contributed by atoms with Crippen LogP contribution in [0.25, 0.3) is 0 Å². The average Bonchev–Trinajstić information content (AvgIpc) is 2.40. The van der Waals surface area contributed by atoms with E-state index in [1.165, 1.54) is 0 Å². The van der Waals surface area contributed by atoms with Crippen LogP contribution in [0.1, 0.15) is 25.7 Å². The van der Waals surface area contributed by atoms with E-state index in [0.29, 0.717) is 0 Å². The van der Waals surface area contributed by atoms with E-state index in [-0.39, 0.29) is 12.8 Å². The molecule has 0 amide bonds. The largest absolute Gasteiger partial charge is 0.699 e. The van der Waals surface area contributed by atoms with Crippen molar-refractivity contribution >= 4 is 8.25 Å². The zero-order chi connectivity index (χ0) is 8.10. The van der Waals surface area contributed by atoms with Gasteiger partial charge in [0.05, 0.1) is 0 Å². The third kappa shape index (κ3) is 3.25. The second-order valence-electron chi connectivity index (χ2n) is 2.53. The minimum atomic E-state index is -1.97. The van der Waals surface area contributed by atoms with Crippen molar-refractivity contribution in [3.63, 3.8) is 0 Å². The van der Waals surface area contributed by atoms with E-state index in [1.54, 1.807) is 0 Å². The lowest BCUT2D eigenvalue weighted by atomic mass is 10.3. The van der Waals surface area contributed by atoms with Gasteiger partial charge in [0.1, 0.15) is 6.10 Å². The number of rotatable bonds is 4. The predicted octanol–water partition coefficient (Wildman–Crippen LogP) is 1.54. The highest BCUT2D eigenvalue weighted by atomic mass is 31.1. The molecule has 1 aliphatic carbocycles. The highest BCUT2D eigenvalue weighted by molar-refractivity contribution is 7.33. The van der Waals surface area contributed by atoms with Crippen LogP contribution in [0.5, 0.6) is 0 Å². The molecule has 1 unspecified atom stereocenters. The molecular weight excluding hydrogens is 165 g/mol. The fourth-order valence-electron chi connectivity index (χ4n) is 1.21. The monoisotopic (exact) mass is 178 g/mol. The molecule has 1 fully saturated rings. The molecule has 0 saturated heterocycles. The summed E-state index contributed by atoms with van der Waals surface area (Å²) in [7, 11) is -1.97. The Morgan fingerprint density at radius 3 is 2.64 bits per heavy atom. The first-order valence-electron chi connectivity index (χ1n) is 3.80. The van der Waals surface area contributed by atoms with E-state index in [0.717, 1.165) is 25.7 Å². The average molecular weight is 178 g/mol. The number of nitrogens with two attached hydrogens (primary N) is 1. The summed E-state index contributed by atoms with van der Waals surface area (Å²) in [5, 5.41) is 0. The first-order chi connectivity index (χ1) is 5.33. The van der Waals surface area contributed by atoms with Crippen LogP contribution in [0.3, 0.4) is 0 Å². The Morgan fingerprint density at radius 1 is 1.45 bits per heavy atom. The van der Waals surface area contributed by atoms with Gasteiger partial charge in [0.25, 0.3) is 0 Å². The van der Waals surface area contributed by atoms with Gasteiger partial charge in [-0.1, -0.05) is 12.8 Å². The van der Waals surface area contributed by atoms with Crippen LogP contribution in [0.15, 0.2) is 0 Å². The summed E-state index contributed by atoms with van der Waals surface area (Å²) < 4.78 is 20.4. The fraction of sp³-hybridized carbons (Fsp3) is 1.00. The van der Waals surface area contributed by atoms with Crippen molar-refractivity contribution < 1.29 is 13.6 Å². The lowest BCUT2D eigenvalue weighted by Crippen LogP contribution is -2.05. The van der Waals surface area contributed by atoms with Crippen molar-refractivity contribution in [1.82, 2.24) is 0 Å². The van der Waals surface area contributed by atoms with Crippen molar-refractivity contribution in [3.8, 4) is 0 Å². The van der Waals surface area contributed by atoms with Crippen molar-refractivity contribution in [3.05, 3.63) is 0 Å². The minimum Gasteiger partial charge on any atom is -0.304 e. The van der Waals surface area contributed by atoms with Gasteiger partial charge in [-0.05, 0) is 12.8 Å². The van der Waals surface area contributed by atoms with E-state index in [1.807, 2.05) is 0 Å². The molecule has 11 heavy (non-hydrogen) atoms. The second-order valence-corrected chi connectivity index (χ2v) is 3.45. The molecule has 4 nitrogen and oxygen atoms in total. The zero-order valence-corrected chi connectivity index (χ0v) is 7.26. The molecule has 0 radical (unpaired) electrons. The Balaban J connectivity index is 2.13. The van der Waals surface area contributed by atoms with E-state index in [2.05, 4.69) is 4.52 Å². The molecule has 0 spiro atoms. The third-order valence-corrected chi connectivity index (χ3v) is 2.55. The molecule has 1 atom stereocenters. The molecule has 2 N–H and O–H groups in total. The van der Waals surface area contributed by atoms with Gasteiger partial charge < -0.3 is 5.73 Å². The van der Waals surface area contributed by atoms with Crippen molar-refractivity contribution in [2.75, 3.05) is 6.73 Å². The minimum absolute atomic E-state index is 0.0398. The number of hydrogen-bond acceptors (Lipinski definition) is 4. The summed E-state index contributed by atoms with van der Waals surface area (Å²) in [6.07, 6.45) is 4.45. The zero-order valence-electron chi connectivity index (χ0n) is 6.36. The Bertz CT molecular complexity index is 136. The highest BCUT2D eigenvalue weighted by Crippen LogP contribution is 2.32. The SMILES string of the molecule is NCO[P+](=O)OC1CCCC1. The molecule has 1 saturated carbocycles. The van der Waals surface area contributed by atoms with E-state index in [4.69, 9.17) is 10.3 Å². The van der Waals surface area contributed by atoms with Crippen LogP contribution in [-0.2, 0) is 13.6 Å². The Kier molecular flexibility index (Phi) is 3.94. The van der Waals surface area contributed by atoms with Gasteiger partial charge in [-0.3, -0.25) is 0 Å². The summed E-state index contributed by atoms with van der Waals surface area (Å²) in [6.45, 7) is -0.0398. The second kappa shape index (κ2) is 4.78. The maximum absolute atomic E-state index is 10.8. The van der Waals surface area contributed by atoms with E-state index in [9.17, 15) is 4.57 Å². The molecule has 1 rings (SSSR count). The summed E-state index contributed by atoms with van der Waals surface area (Å²) in [5.74, 6) is 0. The Hall–Kier alpha value is -0.0200. The molecule has 0 aromatic rings. The van der Waals surface area contributed by atoms with Gasteiger partial charge in [-0.2, -0.15) is 0 Å². The molecule has 64 valence electrons. The van der Waals surface area contributed by atoms with Crippen LogP contribution in [-0.4, -0.2) is 12.8 Å². The molecule has 5 heteroatoms. The highest BCUT2D eigenvalue weighted by Gasteiger charge is 2.28. The molecule has 0 aromatic heterocycles. The maximum Gasteiger partial charge on any atom is 0.699 e. The van der Waals surface area contributed by atoms with Gasteiger partial charge in [0, 0.05) is 4.57 Å². The summed E-state index contributed by atoms with van der Waals surface area (Å²) >= 11 is 0. The maximum atomic E-state index is 10.8. The molecule has 0 heterocycles. The van der Waals surface area contributed by atoms with Crippen molar-refractivity contribution in [2.24, 2.45) is 5.73 Å². The standard InChI is InChI=1S/C6H13NO3P/c7-5-9-11(8)10-6-3-1-2-4-6/h6H,1-5,7H2/q+1. The third-order valence-electron chi connectivity index (χ3n) is 1.72. The number of hydrogen-bond donors (Lipinski definition) is 1. The summed E-state index contributed by atoms with van der Waals surface area (Å²) in [6, 6.07) is 0. The van der Waals surface area contributed by atoms with Crippen LogP contribution in [0.2, 0.25) is 0 Å². The lowest BCUT2D eigenvalue weighted by molar-refractivity contribution is 0.170. The molecule has 0 bridgehead atoms. The van der Waals surface area contributed by atoms with Crippen molar-refractivity contribution in [1.29, 1.82) is 0 Å². The first kappa shape index (κ1) is 9.07. The molecule has 1 aliphatic rings. The first-order valence-corrected chi connectivity index (χ1v) is 4.89. The van der Waals surface area contributed by atoms with Crippen LogP contribution in [0, 0.1) is 0 Å². The summed E-state index contributed by atoms with van der Waals surface area (Å²) in [5.41, 5.74) is 5.02. The molecule has 0 aromatic carbocycles. The van der Waals surface area contributed by atoms with Crippen LogP contribution in [0.4, 0.5) is 0 Å². The summed E-state index contributed by atoms with van der Waals surface area (Å²) in [4.78, 5) is 0. The van der Waals surface area contributed by atoms with E-state index >= 15 is 0 Å². The normalized spacial score (nSPS) is 20.6. The smallest absolute Gasteiger partial charge is 0.304 e. The van der Waals surface area contributed by atoms with Gasteiger partial charge in [0.2, 0.25) is 0 Å². The quantitative estimate of drug-likeness (QED) is 0.523. The van der Waals surface area contributed by atoms with Gasteiger partial charge >= 0.3 is 8.25 Å². The van der Waals surface area contributed by atoms with Crippen LogP contribution < -0.4 is 5.73 Å². The lowest BCUT2D eigenvalue weighted by Gasteiger charge is -1.96. The predicted molar refractivity (Wildman–Crippen MR) is 41.1 cm³/mol. The molecule has 0 aliphatic heterocycles. The topological polar surface area (TPSA) is 61.5 Å². The van der Waals surface area contributed by atoms with Gasteiger partial charge in [0.15, 0.2) is 6.73 Å². The Labute approximate surface area is 67.0 Å². The van der Waals surface area contributed by atoms with E-state index < -0.39 is 8.25 Å². The molecular formula is C6H13NO3P+.